The molecular weight excluding hydrogens is 406 g/mol. The van der Waals surface area contributed by atoms with Crippen LogP contribution < -0.4 is 4.90 Å². The minimum Gasteiger partial charge on any atom is -0.464 e. The quantitative estimate of drug-likeness (QED) is 0.678. The van der Waals surface area contributed by atoms with Gasteiger partial charge in [0.05, 0.1) is 25.0 Å². The molecule has 2 heterocycles. The van der Waals surface area contributed by atoms with E-state index in [2.05, 4.69) is 23.1 Å². The second kappa shape index (κ2) is 8.74. The number of thiol groups is 1. The van der Waals surface area contributed by atoms with Gasteiger partial charge in [0.25, 0.3) is 0 Å². The molecule has 0 atom stereocenters. The molecule has 0 unspecified atom stereocenters. The van der Waals surface area contributed by atoms with E-state index in [9.17, 15) is 18.4 Å². The predicted molar refractivity (Wildman–Crippen MR) is 103 cm³/mol. The molecule has 156 valence electrons. The van der Waals surface area contributed by atoms with E-state index >= 15 is 0 Å². The fourth-order valence-electron chi connectivity index (χ4n) is 3.15. The predicted octanol–water partition coefficient (Wildman–Crippen LogP) is 1.58. The highest BCUT2D eigenvalue weighted by Gasteiger charge is 2.24. The molecule has 12 heteroatoms. The van der Waals surface area contributed by atoms with Crippen LogP contribution in [0.5, 0.6) is 0 Å². The first kappa shape index (κ1) is 21.0. The van der Waals surface area contributed by atoms with Crippen LogP contribution in [0.3, 0.4) is 0 Å². The second-order valence-electron chi connectivity index (χ2n) is 6.72. The third-order valence-electron chi connectivity index (χ3n) is 4.47. The number of anilines is 1. The fourth-order valence-corrected chi connectivity index (χ4v) is 3.29. The highest BCUT2D eigenvalue weighted by atomic mass is 32.1. The van der Waals surface area contributed by atoms with Crippen LogP contribution in [0.4, 0.5) is 19.3 Å². The Balaban J connectivity index is 1.74. The monoisotopic (exact) mass is 426 g/mol. The molecule has 0 spiro atoms. The minimum atomic E-state index is -1.26. The number of ketones is 1. The maximum Gasteiger partial charge on any atom is 0.417 e. The summed E-state index contributed by atoms with van der Waals surface area (Å²) in [7, 11) is 0. The molecule has 1 saturated heterocycles. The van der Waals surface area contributed by atoms with E-state index < -0.39 is 17.7 Å². The molecule has 0 bridgehead atoms. The third kappa shape index (κ3) is 5.01. The number of carboxylic acid groups (broad SMARTS) is 1. The van der Waals surface area contributed by atoms with Crippen molar-refractivity contribution < 1.29 is 23.5 Å². The van der Waals surface area contributed by atoms with Crippen molar-refractivity contribution in [1.82, 2.24) is 24.2 Å². The van der Waals surface area contributed by atoms with E-state index in [1.54, 1.807) is 4.90 Å². The average Bonchev–Trinajstić information content (AvgIpc) is 3.10. The average molecular weight is 426 g/mol. The lowest BCUT2D eigenvalue weighted by Gasteiger charge is -2.35. The number of rotatable bonds is 6. The maximum atomic E-state index is 14.7. The van der Waals surface area contributed by atoms with Gasteiger partial charge >= 0.3 is 6.09 Å². The molecule has 1 aromatic carbocycles. The van der Waals surface area contributed by atoms with Crippen LogP contribution in [0.25, 0.3) is 5.69 Å². The first-order valence-electron chi connectivity index (χ1n) is 8.81. The van der Waals surface area contributed by atoms with Gasteiger partial charge in [0.1, 0.15) is 17.2 Å². The van der Waals surface area contributed by atoms with Crippen LogP contribution in [0, 0.1) is 11.6 Å². The number of carbonyl (C=O) groups is 2. The van der Waals surface area contributed by atoms with Crippen LogP contribution in [0.1, 0.15) is 12.6 Å². The summed E-state index contributed by atoms with van der Waals surface area (Å²) in [5, 5.41) is 16.4. The standard InChI is InChI=1S/C17H20F2N6O3S/c1-11(26)8-22-2-4-23(5-3-22)16-14(18)6-13(7-15(16)19)24-9-12(20-21-24)10-25(29)17(27)28/h6-7,9,29H,2-5,8,10H2,1H3,(H,27,28). The second-order valence-corrected chi connectivity index (χ2v) is 7.20. The summed E-state index contributed by atoms with van der Waals surface area (Å²) in [5.74, 6) is -1.42. The number of benzene rings is 1. The smallest absolute Gasteiger partial charge is 0.417 e. The number of aromatic nitrogens is 3. The van der Waals surface area contributed by atoms with Gasteiger partial charge in [0.2, 0.25) is 0 Å². The van der Waals surface area contributed by atoms with Crippen molar-refractivity contribution >= 4 is 30.4 Å². The number of carbonyl (C=O) groups excluding carboxylic acids is 1. The highest BCUT2D eigenvalue weighted by molar-refractivity contribution is 7.78. The van der Waals surface area contributed by atoms with Crippen LogP contribution in [0.15, 0.2) is 18.3 Å². The zero-order chi connectivity index (χ0) is 21.1. The number of nitrogens with zero attached hydrogens (tertiary/aromatic N) is 6. The van der Waals surface area contributed by atoms with Gasteiger partial charge < -0.3 is 10.0 Å². The Morgan fingerprint density at radius 2 is 1.83 bits per heavy atom. The van der Waals surface area contributed by atoms with Gasteiger partial charge in [-0.05, 0) is 6.92 Å². The van der Waals surface area contributed by atoms with Crippen LogP contribution in [-0.4, -0.2) is 73.9 Å². The lowest BCUT2D eigenvalue weighted by atomic mass is 10.2. The van der Waals surface area contributed by atoms with E-state index in [1.165, 1.54) is 17.8 Å². The maximum absolute atomic E-state index is 14.7. The number of hydrogen-bond donors (Lipinski definition) is 2. The molecule has 1 aliphatic heterocycles. The van der Waals surface area contributed by atoms with Crippen molar-refractivity contribution in [3.8, 4) is 5.69 Å². The van der Waals surface area contributed by atoms with Gasteiger partial charge in [-0.25, -0.2) is 22.6 Å². The van der Waals surface area contributed by atoms with Gasteiger partial charge in [-0.2, -0.15) is 0 Å². The van der Waals surface area contributed by atoms with Crippen LogP contribution in [-0.2, 0) is 11.3 Å². The molecule has 2 aromatic rings. The third-order valence-corrected chi connectivity index (χ3v) is 4.79. The molecule has 1 amide bonds. The van der Waals surface area contributed by atoms with Crippen LogP contribution >= 0.6 is 12.8 Å². The minimum absolute atomic E-state index is 0.0526. The summed E-state index contributed by atoms with van der Waals surface area (Å²) in [6.45, 7) is 3.59. The van der Waals surface area contributed by atoms with Crippen molar-refractivity contribution in [3.63, 3.8) is 0 Å². The van der Waals surface area contributed by atoms with E-state index in [0.717, 1.165) is 12.1 Å². The van der Waals surface area contributed by atoms with E-state index in [0.29, 0.717) is 37.0 Å². The normalized spacial score (nSPS) is 14.8. The Morgan fingerprint density at radius 3 is 2.38 bits per heavy atom. The number of amides is 1. The van der Waals surface area contributed by atoms with Gasteiger partial charge in [0.15, 0.2) is 11.6 Å². The number of Topliss-reactive ketones (excluding diaryl/α,β-unsaturated/α-hetero) is 1. The Bertz CT molecular complexity index is 893. The summed E-state index contributed by atoms with van der Waals surface area (Å²) < 4.78 is 31.3. The largest absolute Gasteiger partial charge is 0.464 e. The van der Waals surface area contributed by atoms with Gasteiger partial charge in [-0.1, -0.05) is 18.0 Å². The molecule has 1 N–H and O–H groups in total. The summed E-state index contributed by atoms with van der Waals surface area (Å²) in [6.07, 6.45) is 0.119. The fraction of sp³-hybridized carbons (Fsp3) is 0.412. The lowest BCUT2D eigenvalue weighted by molar-refractivity contribution is -0.118. The molecule has 1 aromatic heterocycles. The van der Waals surface area contributed by atoms with Crippen LogP contribution in [0.2, 0.25) is 0 Å². The van der Waals surface area contributed by atoms with Crippen molar-refractivity contribution in [2.75, 3.05) is 37.6 Å². The SMILES string of the molecule is CC(=O)CN1CCN(c2c(F)cc(-n3cc(CN(S)C(=O)O)nn3)cc2F)CC1. The molecule has 29 heavy (non-hydrogen) atoms. The molecule has 1 fully saturated rings. The molecule has 3 rings (SSSR count). The first-order valence-corrected chi connectivity index (χ1v) is 9.21. The van der Waals surface area contributed by atoms with E-state index in [4.69, 9.17) is 5.11 Å². The molecule has 0 saturated carbocycles. The van der Waals surface area contributed by atoms with Crippen molar-refractivity contribution in [2.45, 2.75) is 13.5 Å². The molecule has 0 aliphatic carbocycles. The molecular formula is C17H20F2N6O3S. The summed E-state index contributed by atoms with van der Waals surface area (Å²) in [6, 6.07) is 2.29. The molecule has 9 nitrogen and oxygen atoms in total. The first-order chi connectivity index (χ1) is 13.7. The Hall–Kier alpha value is -2.73. The lowest BCUT2D eigenvalue weighted by Crippen LogP contribution is -2.48. The summed E-state index contributed by atoms with van der Waals surface area (Å²) >= 11 is 3.77. The summed E-state index contributed by atoms with van der Waals surface area (Å²) in [5.41, 5.74) is 0.275. The highest BCUT2D eigenvalue weighted by Crippen LogP contribution is 2.27. The van der Waals surface area contributed by atoms with Gasteiger partial charge in [-0.15, -0.1) is 5.10 Å². The van der Waals surface area contributed by atoms with Gasteiger partial charge in [0, 0.05) is 38.3 Å². The zero-order valence-corrected chi connectivity index (χ0v) is 16.5. The van der Waals surface area contributed by atoms with Crippen molar-refractivity contribution in [3.05, 3.63) is 35.7 Å². The number of piperazine rings is 1. The molecule has 0 radical (unpaired) electrons. The topological polar surface area (TPSA) is 94.8 Å². The molecule has 1 aliphatic rings. The Labute approximate surface area is 171 Å². The van der Waals surface area contributed by atoms with E-state index in [1.807, 2.05) is 4.90 Å². The Morgan fingerprint density at radius 1 is 1.21 bits per heavy atom. The van der Waals surface area contributed by atoms with Crippen molar-refractivity contribution in [2.24, 2.45) is 0 Å². The van der Waals surface area contributed by atoms with Gasteiger partial charge in [-0.3, -0.25) is 9.69 Å². The number of hydrogen-bond acceptors (Lipinski definition) is 7. The Kier molecular flexibility index (Phi) is 6.33. The van der Waals surface area contributed by atoms with E-state index in [-0.39, 0.29) is 29.4 Å². The summed E-state index contributed by atoms with van der Waals surface area (Å²) in [4.78, 5) is 25.6. The number of halogens is 2. The van der Waals surface area contributed by atoms with Crippen molar-refractivity contribution in [1.29, 1.82) is 0 Å². The zero-order valence-electron chi connectivity index (χ0n) is 15.6.